The predicted octanol–water partition coefficient (Wildman–Crippen LogP) is 6.32. The fourth-order valence-electron chi connectivity index (χ4n) is 4.38. The maximum atomic E-state index is 13.9. The van der Waals surface area contributed by atoms with E-state index in [1.54, 1.807) is 35.2 Å². The van der Waals surface area contributed by atoms with Gasteiger partial charge in [-0.1, -0.05) is 60.7 Å². The van der Waals surface area contributed by atoms with Crippen LogP contribution < -0.4 is 10.2 Å². The van der Waals surface area contributed by atoms with Gasteiger partial charge in [0.05, 0.1) is 11.4 Å². The Hall–Kier alpha value is -4.18. The average Bonchev–Trinajstić information content (AvgIpc) is 3.01. The number of carbonyl (C=O) groups is 2. The van der Waals surface area contributed by atoms with Crippen molar-refractivity contribution in [1.82, 2.24) is 0 Å². The van der Waals surface area contributed by atoms with Crippen LogP contribution in [0.4, 0.5) is 17.1 Å². The van der Waals surface area contributed by atoms with E-state index >= 15 is 0 Å². The Morgan fingerprint density at radius 1 is 0.727 bits per heavy atom. The van der Waals surface area contributed by atoms with Crippen molar-refractivity contribution in [3.05, 3.63) is 125 Å². The van der Waals surface area contributed by atoms with Gasteiger partial charge < -0.3 is 5.32 Å². The molecule has 0 spiro atoms. The summed E-state index contributed by atoms with van der Waals surface area (Å²) in [7, 11) is 0. The first-order valence-electron chi connectivity index (χ1n) is 11.1. The molecule has 162 valence electrons. The molecule has 1 heterocycles. The standard InChI is InChI=1S/C29H24N2O2/c1-20-9-2-5-14-25(20)28(32)30-24-13-8-12-23(19-24)29(33)31-26-15-6-3-10-21(26)17-18-22-11-4-7-16-27(22)31/h2-16,19H,17-18H2,1H3,(H,30,32). The average molecular weight is 433 g/mol. The van der Waals surface area contributed by atoms with Gasteiger partial charge in [-0.3, -0.25) is 14.5 Å². The van der Waals surface area contributed by atoms with Crippen molar-refractivity contribution >= 4 is 28.9 Å². The third-order valence-corrected chi connectivity index (χ3v) is 6.09. The van der Waals surface area contributed by atoms with E-state index in [-0.39, 0.29) is 11.8 Å². The highest BCUT2D eigenvalue weighted by Crippen LogP contribution is 2.37. The highest BCUT2D eigenvalue weighted by molar-refractivity contribution is 6.13. The predicted molar refractivity (Wildman–Crippen MR) is 132 cm³/mol. The number of benzene rings is 4. The van der Waals surface area contributed by atoms with Crippen molar-refractivity contribution in [3.63, 3.8) is 0 Å². The highest BCUT2D eigenvalue weighted by Gasteiger charge is 2.26. The Morgan fingerprint density at radius 3 is 2.00 bits per heavy atom. The number of fused-ring (bicyclic) bond motifs is 2. The topological polar surface area (TPSA) is 49.4 Å². The zero-order valence-electron chi connectivity index (χ0n) is 18.4. The van der Waals surface area contributed by atoms with E-state index in [0.717, 1.165) is 40.9 Å². The van der Waals surface area contributed by atoms with E-state index in [9.17, 15) is 9.59 Å². The number of hydrogen-bond donors (Lipinski definition) is 1. The Bertz CT molecular complexity index is 1310. The molecule has 0 saturated carbocycles. The van der Waals surface area contributed by atoms with Gasteiger partial charge in [-0.2, -0.15) is 0 Å². The molecule has 0 unspecified atom stereocenters. The van der Waals surface area contributed by atoms with Crippen molar-refractivity contribution in [3.8, 4) is 0 Å². The van der Waals surface area contributed by atoms with Crippen molar-refractivity contribution in [2.24, 2.45) is 0 Å². The minimum Gasteiger partial charge on any atom is -0.322 e. The van der Waals surface area contributed by atoms with Crippen LogP contribution in [0.5, 0.6) is 0 Å². The molecule has 0 aromatic heterocycles. The normalized spacial score (nSPS) is 12.3. The zero-order chi connectivity index (χ0) is 22.8. The molecule has 33 heavy (non-hydrogen) atoms. The summed E-state index contributed by atoms with van der Waals surface area (Å²) in [5, 5.41) is 2.94. The third kappa shape index (κ3) is 4.03. The van der Waals surface area contributed by atoms with Crippen LogP contribution in [0.25, 0.3) is 0 Å². The molecule has 0 aliphatic carbocycles. The molecular weight excluding hydrogens is 408 g/mol. The lowest BCUT2D eigenvalue weighted by Gasteiger charge is -2.25. The molecule has 0 fully saturated rings. The number of anilines is 3. The molecule has 4 aromatic rings. The van der Waals surface area contributed by atoms with Gasteiger partial charge >= 0.3 is 0 Å². The second-order valence-corrected chi connectivity index (χ2v) is 8.25. The van der Waals surface area contributed by atoms with Crippen LogP contribution >= 0.6 is 0 Å². The lowest BCUT2D eigenvalue weighted by Crippen LogP contribution is -2.27. The minimum atomic E-state index is -0.192. The van der Waals surface area contributed by atoms with Crippen LogP contribution in [0.3, 0.4) is 0 Å². The molecule has 0 bridgehead atoms. The van der Waals surface area contributed by atoms with Gasteiger partial charge in [0.1, 0.15) is 0 Å². The summed E-state index contributed by atoms with van der Waals surface area (Å²) in [5.74, 6) is -0.313. The number of para-hydroxylation sites is 2. The second kappa shape index (κ2) is 8.75. The van der Waals surface area contributed by atoms with Gasteiger partial charge in [0, 0.05) is 16.8 Å². The van der Waals surface area contributed by atoms with Gasteiger partial charge in [0.25, 0.3) is 11.8 Å². The lowest BCUT2D eigenvalue weighted by atomic mass is 10.0. The first kappa shape index (κ1) is 20.7. The summed E-state index contributed by atoms with van der Waals surface area (Å²) in [4.78, 5) is 28.4. The first-order valence-corrected chi connectivity index (χ1v) is 11.1. The summed E-state index contributed by atoms with van der Waals surface area (Å²) < 4.78 is 0. The van der Waals surface area contributed by atoms with Gasteiger partial charge in [0.15, 0.2) is 0 Å². The lowest BCUT2D eigenvalue weighted by molar-refractivity contribution is 0.0995. The Morgan fingerprint density at radius 2 is 1.33 bits per heavy atom. The molecule has 5 rings (SSSR count). The van der Waals surface area contributed by atoms with Gasteiger partial charge in [-0.15, -0.1) is 0 Å². The van der Waals surface area contributed by atoms with Gasteiger partial charge in [-0.25, -0.2) is 0 Å². The number of aryl methyl sites for hydroxylation is 3. The minimum absolute atomic E-state index is 0.121. The van der Waals surface area contributed by atoms with E-state index in [2.05, 4.69) is 17.4 Å². The van der Waals surface area contributed by atoms with E-state index in [0.29, 0.717) is 16.8 Å². The number of amides is 2. The quantitative estimate of drug-likeness (QED) is 0.412. The Kier molecular flexibility index (Phi) is 5.49. The smallest absolute Gasteiger partial charge is 0.262 e. The van der Waals surface area contributed by atoms with Crippen molar-refractivity contribution < 1.29 is 9.59 Å². The van der Waals surface area contributed by atoms with Crippen LogP contribution in [-0.4, -0.2) is 11.8 Å². The van der Waals surface area contributed by atoms with Crippen LogP contribution in [0.15, 0.2) is 97.1 Å². The fraction of sp³-hybridized carbons (Fsp3) is 0.103. The molecule has 1 N–H and O–H groups in total. The number of hydrogen-bond acceptors (Lipinski definition) is 2. The molecule has 4 aromatic carbocycles. The fourth-order valence-corrected chi connectivity index (χ4v) is 4.38. The van der Waals surface area contributed by atoms with Gasteiger partial charge in [-0.05, 0) is 72.9 Å². The third-order valence-electron chi connectivity index (χ3n) is 6.09. The van der Waals surface area contributed by atoms with Crippen LogP contribution in [0, 0.1) is 6.92 Å². The number of carbonyl (C=O) groups excluding carboxylic acids is 2. The second-order valence-electron chi connectivity index (χ2n) is 8.25. The van der Waals surface area contributed by atoms with Crippen molar-refractivity contribution in [2.45, 2.75) is 19.8 Å². The first-order chi connectivity index (χ1) is 16.1. The van der Waals surface area contributed by atoms with Crippen LogP contribution in [0.1, 0.15) is 37.4 Å². The highest BCUT2D eigenvalue weighted by atomic mass is 16.2. The Labute approximate surface area is 193 Å². The molecule has 1 aliphatic rings. The SMILES string of the molecule is Cc1ccccc1C(=O)Nc1cccc(C(=O)N2c3ccccc3CCc3ccccc32)c1. The summed E-state index contributed by atoms with van der Waals surface area (Å²) in [5.41, 5.74) is 6.72. The zero-order valence-corrected chi connectivity index (χ0v) is 18.4. The molecule has 0 saturated heterocycles. The van der Waals surface area contributed by atoms with Crippen LogP contribution in [-0.2, 0) is 12.8 Å². The van der Waals surface area contributed by atoms with E-state index in [1.165, 1.54) is 0 Å². The number of rotatable bonds is 3. The number of nitrogens with zero attached hydrogens (tertiary/aromatic N) is 1. The van der Waals surface area contributed by atoms with Crippen molar-refractivity contribution in [2.75, 3.05) is 10.2 Å². The van der Waals surface area contributed by atoms with Crippen LogP contribution in [0.2, 0.25) is 0 Å². The summed E-state index contributed by atoms with van der Waals surface area (Å²) >= 11 is 0. The largest absolute Gasteiger partial charge is 0.322 e. The Balaban J connectivity index is 1.51. The summed E-state index contributed by atoms with van der Waals surface area (Å²) in [6.45, 7) is 1.91. The van der Waals surface area contributed by atoms with E-state index < -0.39 is 0 Å². The molecule has 4 nitrogen and oxygen atoms in total. The van der Waals surface area contributed by atoms with E-state index in [4.69, 9.17) is 0 Å². The molecule has 4 heteroatoms. The maximum absolute atomic E-state index is 13.9. The molecule has 1 aliphatic heterocycles. The van der Waals surface area contributed by atoms with Gasteiger partial charge in [0.2, 0.25) is 0 Å². The molecule has 2 amide bonds. The molecule has 0 radical (unpaired) electrons. The maximum Gasteiger partial charge on any atom is 0.262 e. The molecule has 0 atom stereocenters. The van der Waals surface area contributed by atoms with Crippen molar-refractivity contribution in [1.29, 1.82) is 0 Å². The van der Waals surface area contributed by atoms with E-state index in [1.807, 2.05) is 61.5 Å². The monoisotopic (exact) mass is 432 g/mol. The summed E-state index contributed by atoms with van der Waals surface area (Å²) in [6, 6.07) is 30.7. The number of nitrogens with one attached hydrogen (secondary N) is 1. The summed E-state index contributed by atoms with van der Waals surface area (Å²) in [6.07, 6.45) is 1.76. The molecular formula is C29H24N2O2.